The standard InChI is InChI=1S/C27H37N5O2/c1-18-4-3-5-22(12-18)31-8-10-32(11-9-31)26(2,6-7-28)24(29)30-23-20-13-19-14-21(23)17-27(15-19,16-20)25(33)34/h3-5,12,19-21,23H,6,8-11,13-17H2,1-2H3,(H2,29,30)(H,33,34). The molecule has 1 aromatic rings. The number of carboxylic acids is 1. The number of anilines is 1. The summed E-state index contributed by atoms with van der Waals surface area (Å²) < 4.78 is 0. The van der Waals surface area contributed by atoms with Crippen molar-refractivity contribution in [1.82, 2.24) is 4.90 Å². The zero-order valence-electron chi connectivity index (χ0n) is 20.4. The topological polar surface area (TPSA) is 106 Å². The van der Waals surface area contributed by atoms with Gasteiger partial charge in [0.25, 0.3) is 0 Å². The van der Waals surface area contributed by atoms with Gasteiger partial charge in [0.05, 0.1) is 29.5 Å². The summed E-state index contributed by atoms with van der Waals surface area (Å²) in [5, 5.41) is 19.6. The number of piperazine rings is 1. The Labute approximate surface area is 202 Å². The molecule has 1 aliphatic heterocycles. The molecule has 34 heavy (non-hydrogen) atoms. The van der Waals surface area contributed by atoms with E-state index in [1.165, 1.54) is 11.3 Å². The van der Waals surface area contributed by atoms with Crippen molar-refractivity contribution in [1.29, 1.82) is 5.26 Å². The number of benzene rings is 1. The van der Waals surface area contributed by atoms with Crippen LogP contribution in [-0.4, -0.2) is 59.6 Å². The van der Waals surface area contributed by atoms with Gasteiger partial charge < -0.3 is 15.7 Å². The summed E-state index contributed by atoms with van der Waals surface area (Å²) in [6, 6.07) is 11.0. The first-order valence-electron chi connectivity index (χ1n) is 12.7. The molecule has 0 aromatic heterocycles. The molecule has 7 nitrogen and oxygen atoms in total. The summed E-state index contributed by atoms with van der Waals surface area (Å²) in [5.41, 5.74) is 8.08. The summed E-state index contributed by atoms with van der Waals surface area (Å²) in [6.07, 6.45) is 4.71. The van der Waals surface area contributed by atoms with E-state index in [0.717, 1.165) is 58.3 Å². The first-order valence-corrected chi connectivity index (χ1v) is 12.7. The molecule has 4 saturated carbocycles. The minimum atomic E-state index is -0.622. The number of carbonyl (C=O) groups is 1. The second-order valence-corrected chi connectivity index (χ2v) is 11.5. The highest BCUT2D eigenvalue weighted by Crippen LogP contribution is 2.61. The lowest BCUT2D eigenvalue weighted by atomic mass is 9.48. The number of aryl methyl sites for hydroxylation is 1. The number of nitriles is 1. The maximum atomic E-state index is 12.1. The van der Waals surface area contributed by atoms with Gasteiger partial charge >= 0.3 is 5.97 Å². The van der Waals surface area contributed by atoms with Gasteiger partial charge in [-0.2, -0.15) is 5.26 Å². The van der Waals surface area contributed by atoms with E-state index in [1.807, 2.05) is 0 Å². The van der Waals surface area contributed by atoms with Crippen LogP contribution in [0.4, 0.5) is 5.69 Å². The SMILES string of the molecule is Cc1cccc(N2CCN(C(C)(CC#N)C(N)=NC3C4CC5CC3CC(C(=O)O)(C5)C4)CC2)c1. The van der Waals surface area contributed by atoms with Crippen molar-refractivity contribution in [2.45, 2.75) is 64.0 Å². The van der Waals surface area contributed by atoms with E-state index in [9.17, 15) is 15.2 Å². The molecule has 1 saturated heterocycles. The third-order valence-corrected chi connectivity index (χ3v) is 9.28. The van der Waals surface area contributed by atoms with Crippen LogP contribution in [0.3, 0.4) is 0 Å². The third kappa shape index (κ3) is 3.86. The summed E-state index contributed by atoms with van der Waals surface area (Å²) in [6.45, 7) is 7.59. The first-order chi connectivity index (χ1) is 16.2. The maximum absolute atomic E-state index is 12.1. The monoisotopic (exact) mass is 463 g/mol. The number of rotatable bonds is 6. The molecule has 1 aromatic carbocycles. The zero-order valence-corrected chi connectivity index (χ0v) is 20.4. The van der Waals surface area contributed by atoms with Crippen molar-refractivity contribution in [3.05, 3.63) is 29.8 Å². The second kappa shape index (κ2) is 8.57. The van der Waals surface area contributed by atoms with Crippen molar-refractivity contribution in [2.75, 3.05) is 31.1 Å². The van der Waals surface area contributed by atoms with Crippen molar-refractivity contribution in [3.8, 4) is 6.07 Å². The summed E-state index contributed by atoms with van der Waals surface area (Å²) in [7, 11) is 0. The van der Waals surface area contributed by atoms with E-state index >= 15 is 0 Å². The van der Waals surface area contributed by atoms with Crippen LogP contribution >= 0.6 is 0 Å². The van der Waals surface area contributed by atoms with Gasteiger partial charge in [0.2, 0.25) is 0 Å². The first kappa shape index (κ1) is 23.2. The molecular formula is C27H37N5O2. The number of carboxylic acid groups (broad SMARTS) is 1. The van der Waals surface area contributed by atoms with E-state index < -0.39 is 16.9 Å². The van der Waals surface area contributed by atoms with Crippen LogP contribution < -0.4 is 10.6 Å². The summed E-state index contributed by atoms with van der Waals surface area (Å²) in [5.74, 6) is 1.04. The van der Waals surface area contributed by atoms with Crippen molar-refractivity contribution in [3.63, 3.8) is 0 Å². The Morgan fingerprint density at radius 3 is 2.50 bits per heavy atom. The highest BCUT2D eigenvalue weighted by molar-refractivity contribution is 5.90. The Bertz CT molecular complexity index is 1010. The predicted octanol–water partition coefficient (Wildman–Crippen LogP) is 3.43. The Hall–Kier alpha value is -2.59. The number of nitrogens with two attached hydrogens (primary N) is 1. The van der Waals surface area contributed by atoms with Crippen LogP contribution in [0.25, 0.3) is 0 Å². The zero-order chi connectivity index (χ0) is 24.1. The lowest BCUT2D eigenvalue weighted by molar-refractivity contribution is -0.166. The van der Waals surface area contributed by atoms with Crippen LogP contribution in [0.5, 0.6) is 0 Å². The normalized spacial score (nSPS) is 35.1. The van der Waals surface area contributed by atoms with Crippen molar-refractivity contribution < 1.29 is 9.90 Å². The van der Waals surface area contributed by atoms with E-state index in [1.54, 1.807) is 0 Å². The van der Waals surface area contributed by atoms with Gasteiger partial charge in [0.15, 0.2) is 0 Å². The third-order valence-electron chi connectivity index (χ3n) is 9.28. The fraction of sp³-hybridized carbons (Fsp3) is 0.667. The minimum Gasteiger partial charge on any atom is -0.481 e. The molecule has 0 amide bonds. The average molecular weight is 464 g/mol. The van der Waals surface area contributed by atoms with Gasteiger partial charge in [-0.05, 0) is 81.4 Å². The summed E-state index contributed by atoms with van der Waals surface area (Å²) >= 11 is 0. The van der Waals surface area contributed by atoms with Gasteiger partial charge in [0.1, 0.15) is 5.84 Å². The van der Waals surface area contributed by atoms with Gasteiger partial charge in [0, 0.05) is 31.9 Å². The molecule has 0 spiro atoms. The van der Waals surface area contributed by atoms with Gasteiger partial charge in [-0.1, -0.05) is 12.1 Å². The Morgan fingerprint density at radius 2 is 1.91 bits per heavy atom. The molecule has 5 fully saturated rings. The predicted molar refractivity (Wildman–Crippen MR) is 133 cm³/mol. The molecule has 3 unspecified atom stereocenters. The quantitative estimate of drug-likeness (QED) is 0.495. The van der Waals surface area contributed by atoms with E-state index in [0.29, 0.717) is 30.0 Å². The average Bonchev–Trinajstić information content (AvgIpc) is 2.81. The number of amidine groups is 1. The van der Waals surface area contributed by atoms with Crippen molar-refractivity contribution in [2.24, 2.45) is 33.9 Å². The molecule has 5 aliphatic rings. The number of hydrogen-bond donors (Lipinski definition) is 2. The fourth-order valence-corrected chi connectivity index (χ4v) is 7.57. The molecular weight excluding hydrogens is 426 g/mol. The molecule has 0 radical (unpaired) electrons. The van der Waals surface area contributed by atoms with Crippen LogP contribution in [0, 0.1) is 41.4 Å². The highest BCUT2D eigenvalue weighted by atomic mass is 16.4. The number of hydrogen-bond acceptors (Lipinski definition) is 5. The minimum absolute atomic E-state index is 0.0932. The van der Waals surface area contributed by atoms with Gasteiger partial charge in [-0.3, -0.25) is 14.7 Å². The Morgan fingerprint density at radius 1 is 1.24 bits per heavy atom. The molecule has 4 aliphatic carbocycles. The number of aliphatic imine (C=N–C) groups is 1. The van der Waals surface area contributed by atoms with E-state index in [-0.39, 0.29) is 6.04 Å². The molecule has 4 bridgehead atoms. The van der Waals surface area contributed by atoms with E-state index in [4.69, 9.17) is 10.7 Å². The molecule has 1 heterocycles. The molecule has 3 atom stereocenters. The fourth-order valence-electron chi connectivity index (χ4n) is 7.57. The van der Waals surface area contributed by atoms with Gasteiger partial charge in [-0.25, -0.2) is 0 Å². The molecule has 7 heteroatoms. The van der Waals surface area contributed by atoms with Crippen LogP contribution in [-0.2, 0) is 4.79 Å². The van der Waals surface area contributed by atoms with Crippen LogP contribution in [0.2, 0.25) is 0 Å². The van der Waals surface area contributed by atoms with E-state index in [2.05, 4.69) is 54.0 Å². The highest BCUT2D eigenvalue weighted by Gasteiger charge is 2.59. The molecule has 6 rings (SSSR count). The molecule has 3 N–H and O–H groups in total. The lowest BCUT2D eigenvalue weighted by Gasteiger charge is -2.57. The largest absolute Gasteiger partial charge is 0.481 e. The lowest BCUT2D eigenvalue weighted by Crippen LogP contribution is -2.62. The maximum Gasteiger partial charge on any atom is 0.309 e. The van der Waals surface area contributed by atoms with Crippen LogP contribution in [0.15, 0.2) is 29.3 Å². The Kier molecular flexibility index (Phi) is 5.84. The molecule has 182 valence electrons. The van der Waals surface area contributed by atoms with Crippen molar-refractivity contribution >= 4 is 17.5 Å². The number of aliphatic carboxylic acids is 1. The van der Waals surface area contributed by atoms with Crippen LogP contribution in [0.1, 0.15) is 51.0 Å². The summed E-state index contributed by atoms with van der Waals surface area (Å²) in [4.78, 5) is 21.9. The number of nitrogens with zero attached hydrogens (tertiary/aromatic N) is 4. The smallest absolute Gasteiger partial charge is 0.309 e. The Balaban J connectivity index is 1.33. The van der Waals surface area contributed by atoms with Gasteiger partial charge in [-0.15, -0.1) is 0 Å². The second-order valence-electron chi connectivity index (χ2n) is 11.5.